The van der Waals surface area contributed by atoms with E-state index < -0.39 is 0 Å². The van der Waals surface area contributed by atoms with Crippen LogP contribution >= 0.6 is 0 Å². The highest BCUT2D eigenvalue weighted by Crippen LogP contribution is 2.41. The topological polar surface area (TPSA) is 28.7 Å². The highest BCUT2D eigenvalue weighted by molar-refractivity contribution is 6.09. The van der Waals surface area contributed by atoms with Crippen molar-refractivity contribution in [1.82, 2.24) is 4.57 Å². The number of fused-ring (bicyclic) bond motifs is 6. The molecule has 6 rings (SSSR count). The molecule has 0 aliphatic heterocycles. The molecule has 0 fully saturated rings. The molecule has 1 aliphatic rings. The molecule has 0 unspecified atom stereocenters. The van der Waals surface area contributed by atoms with Crippen LogP contribution in [0.2, 0.25) is 0 Å². The van der Waals surface area contributed by atoms with Crippen LogP contribution in [0.4, 0.5) is 0 Å². The van der Waals surface area contributed by atoms with Crippen molar-refractivity contribution in [2.75, 3.05) is 0 Å². The molecule has 4 aromatic carbocycles. The molecular weight excluding hydrogens is 340 g/mol. The molecule has 0 spiro atoms. The number of nitrogens with zero attached hydrogens (tertiary/aromatic N) is 2. The Balaban J connectivity index is 1.74. The van der Waals surface area contributed by atoms with E-state index in [0.29, 0.717) is 5.56 Å². The average Bonchev–Trinajstić information content (AvgIpc) is 3.29. The maximum atomic E-state index is 9.45. The SMILES string of the molecule is N#Cc1ccc2c3ccccc3n(-c3cccc4c3Cc3ccccc3-4)c2c1. The maximum absolute atomic E-state index is 9.45. The van der Waals surface area contributed by atoms with Gasteiger partial charge in [-0.15, -0.1) is 0 Å². The van der Waals surface area contributed by atoms with Crippen LogP contribution < -0.4 is 0 Å². The molecule has 0 N–H and O–H groups in total. The number of hydrogen-bond donors (Lipinski definition) is 0. The van der Waals surface area contributed by atoms with Crippen LogP contribution in [0.3, 0.4) is 0 Å². The van der Waals surface area contributed by atoms with Gasteiger partial charge in [0.2, 0.25) is 0 Å². The van der Waals surface area contributed by atoms with E-state index in [9.17, 15) is 5.26 Å². The van der Waals surface area contributed by atoms with Gasteiger partial charge in [-0.2, -0.15) is 5.26 Å². The Bertz CT molecular complexity index is 1450. The van der Waals surface area contributed by atoms with E-state index in [-0.39, 0.29) is 0 Å². The summed E-state index contributed by atoms with van der Waals surface area (Å²) in [6, 6.07) is 32.0. The van der Waals surface area contributed by atoms with E-state index in [2.05, 4.69) is 83.4 Å². The minimum Gasteiger partial charge on any atom is -0.309 e. The van der Waals surface area contributed by atoms with E-state index in [0.717, 1.165) is 11.9 Å². The second kappa shape index (κ2) is 5.58. The Morgan fingerprint density at radius 3 is 2.43 bits per heavy atom. The van der Waals surface area contributed by atoms with Crippen molar-refractivity contribution in [1.29, 1.82) is 5.26 Å². The molecule has 2 heteroatoms. The maximum Gasteiger partial charge on any atom is 0.0992 e. The largest absolute Gasteiger partial charge is 0.309 e. The smallest absolute Gasteiger partial charge is 0.0992 e. The Morgan fingerprint density at radius 1 is 0.714 bits per heavy atom. The first-order valence-electron chi connectivity index (χ1n) is 9.49. The number of benzene rings is 4. The third-order valence-electron chi connectivity index (χ3n) is 5.87. The number of nitriles is 1. The number of para-hydroxylation sites is 1. The Kier molecular flexibility index (Phi) is 3.04. The van der Waals surface area contributed by atoms with Gasteiger partial charge in [-0.05, 0) is 46.5 Å². The first-order chi connectivity index (χ1) is 13.8. The molecule has 2 nitrogen and oxygen atoms in total. The molecule has 0 amide bonds. The normalized spacial score (nSPS) is 12.1. The molecule has 0 radical (unpaired) electrons. The summed E-state index contributed by atoms with van der Waals surface area (Å²) in [5, 5.41) is 11.8. The fourth-order valence-electron chi connectivity index (χ4n) is 4.65. The summed E-state index contributed by atoms with van der Waals surface area (Å²) in [4.78, 5) is 0. The highest BCUT2D eigenvalue weighted by Gasteiger charge is 2.23. The Morgan fingerprint density at radius 2 is 1.50 bits per heavy atom. The predicted octanol–water partition coefficient (Wildman–Crippen LogP) is 6.23. The summed E-state index contributed by atoms with van der Waals surface area (Å²) >= 11 is 0. The first-order valence-corrected chi connectivity index (χ1v) is 9.49. The Labute approximate surface area is 162 Å². The van der Waals surface area contributed by atoms with Gasteiger partial charge in [-0.3, -0.25) is 0 Å². The third kappa shape index (κ3) is 1.96. The molecule has 0 saturated heterocycles. The molecule has 5 aromatic rings. The van der Waals surface area contributed by atoms with Crippen LogP contribution in [0.1, 0.15) is 16.7 Å². The minimum atomic E-state index is 0.687. The van der Waals surface area contributed by atoms with Gasteiger partial charge in [0.05, 0.1) is 28.4 Å². The molecule has 1 aliphatic carbocycles. The number of rotatable bonds is 1. The van der Waals surface area contributed by atoms with Crippen LogP contribution in [-0.4, -0.2) is 4.57 Å². The van der Waals surface area contributed by atoms with E-state index in [4.69, 9.17) is 0 Å². The Hall–Kier alpha value is -3.83. The van der Waals surface area contributed by atoms with E-state index in [1.54, 1.807) is 0 Å². The van der Waals surface area contributed by atoms with E-state index in [1.165, 1.54) is 44.2 Å². The van der Waals surface area contributed by atoms with Gasteiger partial charge in [0.25, 0.3) is 0 Å². The van der Waals surface area contributed by atoms with Crippen LogP contribution in [0.25, 0.3) is 38.6 Å². The minimum absolute atomic E-state index is 0.687. The molecule has 28 heavy (non-hydrogen) atoms. The van der Waals surface area contributed by atoms with Gasteiger partial charge in [0.15, 0.2) is 0 Å². The van der Waals surface area contributed by atoms with Crippen molar-refractivity contribution >= 4 is 21.8 Å². The van der Waals surface area contributed by atoms with Gasteiger partial charge in [-0.1, -0.05) is 60.7 Å². The monoisotopic (exact) mass is 356 g/mol. The molecule has 1 heterocycles. The number of aromatic nitrogens is 1. The summed E-state index contributed by atoms with van der Waals surface area (Å²) in [5.41, 5.74) is 9.54. The molecule has 130 valence electrons. The van der Waals surface area contributed by atoms with Crippen LogP contribution in [0, 0.1) is 11.3 Å². The molecule has 0 atom stereocenters. The summed E-state index contributed by atoms with van der Waals surface area (Å²) in [5.74, 6) is 0. The quantitative estimate of drug-likeness (QED) is 0.343. The summed E-state index contributed by atoms with van der Waals surface area (Å²) in [6.07, 6.45) is 0.938. The zero-order valence-electron chi connectivity index (χ0n) is 15.2. The van der Waals surface area contributed by atoms with Crippen molar-refractivity contribution < 1.29 is 0 Å². The second-order valence-corrected chi connectivity index (χ2v) is 7.33. The lowest BCUT2D eigenvalue weighted by Gasteiger charge is -2.13. The van der Waals surface area contributed by atoms with Crippen molar-refractivity contribution in [3.63, 3.8) is 0 Å². The van der Waals surface area contributed by atoms with Crippen molar-refractivity contribution in [2.24, 2.45) is 0 Å². The standard InChI is InChI=1S/C26H16N2/c27-16-17-12-13-22-21-8-3-4-10-24(21)28(26(22)14-17)25-11-5-9-20-19-7-2-1-6-18(19)15-23(20)25/h1-14H,15H2. The summed E-state index contributed by atoms with van der Waals surface area (Å²) < 4.78 is 2.33. The lowest BCUT2D eigenvalue weighted by Crippen LogP contribution is -1.99. The van der Waals surface area contributed by atoms with Crippen molar-refractivity contribution in [3.8, 4) is 22.9 Å². The van der Waals surface area contributed by atoms with E-state index >= 15 is 0 Å². The van der Waals surface area contributed by atoms with E-state index in [1.807, 2.05) is 12.1 Å². The van der Waals surface area contributed by atoms with Crippen LogP contribution in [-0.2, 0) is 6.42 Å². The zero-order chi connectivity index (χ0) is 18.7. The van der Waals surface area contributed by atoms with Crippen LogP contribution in [0.15, 0.2) is 84.9 Å². The second-order valence-electron chi connectivity index (χ2n) is 7.33. The van der Waals surface area contributed by atoms with Crippen molar-refractivity contribution in [2.45, 2.75) is 6.42 Å². The van der Waals surface area contributed by atoms with Gasteiger partial charge in [0, 0.05) is 17.2 Å². The van der Waals surface area contributed by atoms with Gasteiger partial charge in [0.1, 0.15) is 0 Å². The highest BCUT2D eigenvalue weighted by atomic mass is 15.0. The lowest BCUT2D eigenvalue weighted by atomic mass is 10.0. The molecular formula is C26H16N2. The van der Waals surface area contributed by atoms with Gasteiger partial charge in [-0.25, -0.2) is 0 Å². The van der Waals surface area contributed by atoms with Gasteiger partial charge >= 0.3 is 0 Å². The predicted molar refractivity (Wildman–Crippen MR) is 114 cm³/mol. The molecule has 1 aromatic heterocycles. The van der Waals surface area contributed by atoms with Gasteiger partial charge < -0.3 is 4.57 Å². The summed E-state index contributed by atoms with van der Waals surface area (Å²) in [6.45, 7) is 0. The summed E-state index contributed by atoms with van der Waals surface area (Å²) in [7, 11) is 0. The molecule has 0 bridgehead atoms. The van der Waals surface area contributed by atoms with Crippen LogP contribution in [0.5, 0.6) is 0 Å². The third-order valence-corrected chi connectivity index (χ3v) is 5.87. The zero-order valence-corrected chi connectivity index (χ0v) is 15.2. The average molecular weight is 356 g/mol. The fourth-order valence-corrected chi connectivity index (χ4v) is 4.65. The lowest BCUT2D eigenvalue weighted by molar-refractivity contribution is 1.12. The first kappa shape index (κ1) is 15.2. The number of hydrogen-bond acceptors (Lipinski definition) is 1. The van der Waals surface area contributed by atoms with Crippen molar-refractivity contribution in [3.05, 3.63) is 102 Å². The molecule has 0 saturated carbocycles. The fraction of sp³-hybridized carbons (Fsp3) is 0.0385.